The summed E-state index contributed by atoms with van der Waals surface area (Å²) in [6, 6.07) is 2.79. The Kier molecular flexibility index (Phi) is 1.76. The molecule has 1 aromatic carbocycles. The first kappa shape index (κ1) is 9.02. The molecule has 82 valence electrons. The SMILES string of the molecule is Nc1oncc1-c1c(F)ccc2c1OCO2. The highest BCUT2D eigenvalue weighted by molar-refractivity contribution is 5.80. The van der Waals surface area contributed by atoms with Crippen molar-refractivity contribution in [1.82, 2.24) is 5.16 Å². The third-order valence-electron chi connectivity index (χ3n) is 2.36. The van der Waals surface area contributed by atoms with E-state index in [4.69, 9.17) is 19.7 Å². The van der Waals surface area contributed by atoms with Crippen LogP contribution in [0.15, 0.2) is 22.9 Å². The van der Waals surface area contributed by atoms with Gasteiger partial charge in [0.1, 0.15) is 5.82 Å². The highest BCUT2D eigenvalue weighted by Gasteiger charge is 2.25. The van der Waals surface area contributed by atoms with Crippen LogP contribution in [-0.2, 0) is 0 Å². The van der Waals surface area contributed by atoms with Crippen molar-refractivity contribution in [2.75, 3.05) is 12.5 Å². The van der Waals surface area contributed by atoms with Crippen LogP contribution in [0.2, 0.25) is 0 Å². The van der Waals surface area contributed by atoms with Crippen molar-refractivity contribution in [3.8, 4) is 22.6 Å². The van der Waals surface area contributed by atoms with Gasteiger partial charge in [0.15, 0.2) is 11.5 Å². The van der Waals surface area contributed by atoms with E-state index in [0.717, 1.165) is 0 Å². The second-order valence-electron chi connectivity index (χ2n) is 3.26. The molecule has 0 radical (unpaired) electrons. The van der Waals surface area contributed by atoms with Gasteiger partial charge in [-0.1, -0.05) is 5.16 Å². The molecule has 1 aliphatic rings. The summed E-state index contributed by atoms with van der Waals surface area (Å²) in [5, 5.41) is 3.50. The van der Waals surface area contributed by atoms with Gasteiger partial charge in [-0.25, -0.2) is 4.39 Å². The average molecular weight is 222 g/mol. The second kappa shape index (κ2) is 3.13. The molecule has 0 saturated heterocycles. The number of fused-ring (bicyclic) bond motifs is 1. The smallest absolute Gasteiger partial charge is 0.231 e. The fraction of sp³-hybridized carbons (Fsp3) is 0.100. The Hall–Kier alpha value is -2.24. The molecule has 0 saturated carbocycles. The van der Waals surface area contributed by atoms with Gasteiger partial charge in [-0.05, 0) is 12.1 Å². The van der Waals surface area contributed by atoms with Crippen LogP contribution in [-0.4, -0.2) is 11.9 Å². The molecule has 6 heteroatoms. The van der Waals surface area contributed by atoms with E-state index in [2.05, 4.69) is 5.16 Å². The van der Waals surface area contributed by atoms with E-state index in [-0.39, 0.29) is 18.2 Å². The zero-order chi connectivity index (χ0) is 11.1. The first-order valence-corrected chi connectivity index (χ1v) is 4.56. The predicted octanol–water partition coefficient (Wildman–Crippen LogP) is 1.79. The zero-order valence-electron chi connectivity index (χ0n) is 8.07. The zero-order valence-corrected chi connectivity index (χ0v) is 8.07. The van der Waals surface area contributed by atoms with Crippen molar-refractivity contribution >= 4 is 5.88 Å². The van der Waals surface area contributed by atoms with Gasteiger partial charge in [0.05, 0.1) is 17.3 Å². The molecule has 2 N–H and O–H groups in total. The number of nitrogen functional groups attached to an aromatic ring is 1. The molecule has 16 heavy (non-hydrogen) atoms. The molecule has 0 bridgehead atoms. The highest BCUT2D eigenvalue weighted by atomic mass is 19.1. The Labute approximate surface area is 89.5 Å². The third kappa shape index (κ3) is 1.13. The lowest BCUT2D eigenvalue weighted by molar-refractivity contribution is 0.174. The summed E-state index contributed by atoms with van der Waals surface area (Å²) in [7, 11) is 0. The van der Waals surface area contributed by atoms with Crippen LogP contribution in [0.25, 0.3) is 11.1 Å². The van der Waals surface area contributed by atoms with Crippen molar-refractivity contribution < 1.29 is 18.4 Å². The van der Waals surface area contributed by atoms with Crippen LogP contribution in [0.5, 0.6) is 11.5 Å². The summed E-state index contributed by atoms with van der Waals surface area (Å²) in [4.78, 5) is 0. The number of anilines is 1. The Morgan fingerprint density at radius 2 is 2.19 bits per heavy atom. The van der Waals surface area contributed by atoms with Crippen molar-refractivity contribution in [3.05, 3.63) is 24.1 Å². The molecule has 2 heterocycles. The second-order valence-corrected chi connectivity index (χ2v) is 3.26. The first-order chi connectivity index (χ1) is 7.77. The Balaban J connectivity index is 2.28. The number of halogens is 1. The van der Waals surface area contributed by atoms with E-state index in [1.807, 2.05) is 0 Å². The lowest BCUT2D eigenvalue weighted by Gasteiger charge is -2.04. The van der Waals surface area contributed by atoms with Gasteiger partial charge in [-0.15, -0.1) is 0 Å². The Morgan fingerprint density at radius 3 is 2.94 bits per heavy atom. The Bertz CT molecular complexity index is 553. The number of ether oxygens (including phenoxy) is 2. The molecule has 0 spiro atoms. The van der Waals surface area contributed by atoms with Crippen LogP contribution in [0.4, 0.5) is 10.3 Å². The summed E-state index contributed by atoms with van der Waals surface area (Å²) < 4.78 is 28.8. The van der Waals surface area contributed by atoms with Gasteiger partial charge in [-0.2, -0.15) is 0 Å². The number of hydrogen-bond donors (Lipinski definition) is 1. The van der Waals surface area contributed by atoms with Gasteiger partial charge >= 0.3 is 0 Å². The lowest BCUT2D eigenvalue weighted by atomic mass is 10.1. The maximum Gasteiger partial charge on any atom is 0.231 e. The molecule has 1 aliphatic heterocycles. The molecule has 0 amide bonds. The minimum Gasteiger partial charge on any atom is -0.454 e. The van der Waals surface area contributed by atoms with E-state index in [9.17, 15) is 4.39 Å². The van der Waals surface area contributed by atoms with Crippen LogP contribution in [0.1, 0.15) is 0 Å². The Morgan fingerprint density at radius 1 is 1.31 bits per heavy atom. The molecule has 0 aliphatic carbocycles. The summed E-state index contributed by atoms with van der Waals surface area (Å²) in [6.07, 6.45) is 1.34. The van der Waals surface area contributed by atoms with Crippen molar-refractivity contribution in [2.45, 2.75) is 0 Å². The monoisotopic (exact) mass is 222 g/mol. The van der Waals surface area contributed by atoms with Crippen LogP contribution in [0, 0.1) is 5.82 Å². The van der Waals surface area contributed by atoms with E-state index in [1.54, 1.807) is 0 Å². The molecule has 3 rings (SSSR count). The molecule has 0 fully saturated rings. The summed E-state index contributed by atoms with van der Waals surface area (Å²) >= 11 is 0. The number of nitrogens with two attached hydrogens (primary N) is 1. The normalized spacial score (nSPS) is 13.1. The van der Waals surface area contributed by atoms with Crippen molar-refractivity contribution in [1.29, 1.82) is 0 Å². The average Bonchev–Trinajstić information content (AvgIpc) is 2.87. The largest absolute Gasteiger partial charge is 0.454 e. The summed E-state index contributed by atoms with van der Waals surface area (Å²) in [5.41, 5.74) is 6.12. The number of aromatic nitrogens is 1. The minimum atomic E-state index is -0.459. The molecule has 1 aromatic heterocycles. The first-order valence-electron chi connectivity index (χ1n) is 4.56. The fourth-order valence-corrected chi connectivity index (χ4v) is 1.64. The van der Waals surface area contributed by atoms with Gasteiger partial charge in [0.2, 0.25) is 12.7 Å². The number of nitrogens with zero attached hydrogens (tertiary/aromatic N) is 1. The molecule has 2 aromatic rings. The van der Waals surface area contributed by atoms with E-state index >= 15 is 0 Å². The van der Waals surface area contributed by atoms with Crippen molar-refractivity contribution in [2.24, 2.45) is 0 Å². The van der Waals surface area contributed by atoms with E-state index in [1.165, 1.54) is 18.3 Å². The van der Waals surface area contributed by atoms with Gasteiger partial charge in [0.25, 0.3) is 0 Å². The van der Waals surface area contributed by atoms with Crippen LogP contribution < -0.4 is 15.2 Å². The predicted molar refractivity (Wildman–Crippen MR) is 52.4 cm³/mol. The van der Waals surface area contributed by atoms with Crippen LogP contribution in [0.3, 0.4) is 0 Å². The highest BCUT2D eigenvalue weighted by Crippen LogP contribution is 2.44. The van der Waals surface area contributed by atoms with E-state index in [0.29, 0.717) is 17.1 Å². The van der Waals surface area contributed by atoms with Crippen LogP contribution >= 0.6 is 0 Å². The van der Waals surface area contributed by atoms with E-state index < -0.39 is 5.82 Å². The maximum absolute atomic E-state index is 13.7. The number of benzene rings is 1. The lowest BCUT2D eigenvalue weighted by Crippen LogP contribution is -1.94. The van der Waals surface area contributed by atoms with Gasteiger partial charge < -0.3 is 19.7 Å². The molecule has 0 unspecified atom stereocenters. The topological polar surface area (TPSA) is 70.5 Å². The van der Waals surface area contributed by atoms with Gasteiger partial charge in [0, 0.05) is 0 Å². The molecule has 0 atom stereocenters. The van der Waals surface area contributed by atoms with Gasteiger partial charge in [-0.3, -0.25) is 0 Å². The molecular formula is C10H7FN2O3. The standard InChI is InChI=1S/C10H7FN2O3/c11-6-1-2-7-9(15-4-14-7)8(6)5-3-13-16-10(5)12/h1-3H,4,12H2. The molecular weight excluding hydrogens is 215 g/mol. The minimum absolute atomic E-state index is 0.0443. The fourth-order valence-electron chi connectivity index (χ4n) is 1.64. The summed E-state index contributed by atoms with van der Waals surface area (Å²) in [5.74, 6) is 0.397. The van der Waals surface area contributed by atoms with Crippen molar-refractivity contribution in [3.63, 3.8) is 0 Å². The molecule has 5 nitrogen and oxygen atoms in total. The quantitative estimate of drug-likeness (QED) is 0.796. The third-order valence-corrected chi connectivity index (χ3v) is 2.36. The maximum atomic E-state index is 13.7. The summed E-state index contributed by atoms with van der Waals surface area (Å²) in [6.45, 7) is 0.0664. The number of rotatable bonds is 1. The number of hydrogen-bond acceptors (Lipinski definition) is 5.